The molecule has 2 aromatic rings. The Morgan fingerprint density at radius 1 is 1.24 bits per heavy atom. The molecule has 1 unspecified atom stereocenters. The number of rotatable bonds is 5. The molecule has 1 aliphatic rings. The van der Waals surface area contributed by atoms with E-state index < -0.39 is 0 Å². The number of fused-ring (bicyclic) bond motifs is 1. The molecule has 3 rings (SSSR count). The van der Waals surface area contributed by atoms with E-state index in [1.165, 1.54) is 34.2 Å². The van der Waals surface area contributed by atoms with Crippen LogP contribution in [0.25, 0.3) is 10.1 Å². The second-order valence-corrected chi connectivity index (χ2v) is 7.62. The quantitative estimate of drug-likeness (QED) is 0.852. The average molecular weight is 303 g/mol. The summed E-state index contributed by atoms with van der Waals surface area (Å²) >= 11 is 1.87. The maximum Gasteiger partial charge on any atom is 0.0499 e. The van der Waals surface area contributed by atoms with Gasteiger partial charge in [-0.3, -0.25) is 0 Å². The van der Waals surface area contributed by atoms with Gasteiger partial charge >= 0.3 is 0 Å². The van der Waals surface area contributed by atoms with Crippen molar-refractivity contribution in [3.8, 4) is 0 Å². The summed E-state index contributed by atoms with van der Waals surface area (Å²) in [6.07, 6.45) is 6.18. The summed E-state index contributed by atoms with van der Waals surface area (Å²) in [5.41, 5.74) is 0.114. The highest BCUT2D eigenvalue weighted by Gasteiger charge is 2.31. The monoisotopic (exact) mass is 303 g/mol. The minimum atomic E-state index is 0.114. The largest absolute Gasteiger partial charge is 0.396 e. The summed E-state index contributed by atoms with van der Waals surface area (Å²) in [5.74, 6) is 0. The first kappa shape index (κ1) is 15.0. The van der Waals surface area contributed by atoms with E-state index in [0.717, 1.165) is 19.4 Å². The maximum absolute atomic E-state index is 9.80. The average Bonchev–Trinajstić information content (AvgIpc) is 2.97. The Kier molecular flexibility index (Phi) is 4.63. The normalized spacial score (nSPS) is 19.7. The minimum absolute atomic E-state index is 0.114. The Hall–Kier alpha value is -0.900. The smallest absolute Gasteiger partial charge is 0.0499 e. The third-order valence-corrected chi connectivity index (χ3v) is 6.20. The van der Waals surface area contributed by atoms with Crippen LogP contribution >= 0.6 is 11.3 Å². The third kappa shape index (κ3) is 3.31. The van der Waals surface area contributed by atoms with Crippen LogP contribution in [-0.4, -0.2) is 18.3 Å². The van der Waals surface area contributed by atoms with Gasteiger partial charge < -0.3 is 10.4 Å². The first-order chi connectivity index (χ1) is 10.2. The lowest BCUT2D eigenvalue weighted by atomic mass is 9.74. The molecular formula is C18H25NOS. The Bertz CT molecular complexity index is 553. The number of aliphatic hydroxyl groups is 1. The molecule has 0 amide bonds. The van der Waals surface area contributed by atoms with Gasteiger partial charge in [0, 0.05) is 34.2 Å². The van der Waals surface area contributed by atoms with E-state index in [1.807, 2.05) is 11.3 Å². The highest BCUT2D eigenvalue weighted by molar-refractivity contribution is 7.19. The van der Waals surface area contributed by atoms with E-state index >= 15 is 0 Å². The molecule has 1 aromatic heterocycles. The van der Waals surface area contributed by atoms with Crippen molar-refractivity contribution in [2.45, 2.75) is 45.1 Å². The molecule has 1 aliphatic carbocycles. The fraction of sp³-hybridized carbons (Fsp3) is 0.556. The van der Waals surface area contributed by atoms with Crippen molar-refractivity contribution >= 4 is 21.4 Å². The van der Waals surface area contributed by atoms with Gasteiger partial charge in [0.05, 0.1) is 0 Å². The van der Waals surface area contributed by atoms with Crippen molar-refractivity contribution in [2.75, 3.05) is 13.2 Å². The Morgan fingerprint density at radius 3 is 2.71 bits per heavy atom. The van der Waals surface area contributed by atoms with Crippen molar-refractivity contribution < 1.29 is 5.11 Å². The Labute approximate surface area is 131 Å². The van der Waals surface area contributed by atoms with Gasteiger partial charge in [0.1, 0.15) is 0 Å². The van der Waals surface area contributed by atoms with Gasteiger partial charge in [-0.25, -0.2) is 0 Å². The van der Waals surface area contributed by atoms with Crippen LogP contribution in [0.15, 0.2) is 30.3 Å². The van der Waals surface area contributed by atoms with Crippen LogP contribution < -0.4 is 5.32 Å². The highest BCUT2D eigenvalue weighted by atomic mass is 32.1. The molecule has 1 heterocycles. The number of thiophene rings is 1. The predicted octanol–water partition coefficient (Wildman–Crippen LogP) is 4.49. The number of hydrogen-bond donors (Lipinski definition) is 2. The van der Waals surface area contributed by atoms with Gasteiger partial charge in [-0.2, -0.15) is 0 Å². The van der Waals surface area contributed by atoms with E-state index in [0.29, 0.717) is 12.6 Å². The van der Waals surface area contributed by atoms with Crippen molar-refractivity contribution in [3.05, 3.63) is 35.2 Å². The van der Waals surface area contributed by atoms with Gasteiger partial charge in [0.25, 0.3) is 0 Å². The van der Waals surface area contributed by atoms with Crippen molar-refractivity contribution in [2.24, 2.45) is 5.41 Å². The summed E-state index contributed by atoms with van der Waals surface area (Å²) in [6, 6.07) is 11.2. The number of hydrogen-bond acceptors (Lipinski definition) is 3. The maximum atomic E-state index is 9.80. The first-order valence-corrected chi connectivity index (χ1v) is 8.87. The molecule has 0 radical (unpaired) electrons. The first-order valence-electron chi connectivity index (χ1n) is 8.05. The predicted molar refractivity (Wildman–Crippen MR) is 90.8 cm³/mol. The topological polar surface area (TPSA) is 32.3 Å². The molecule has 0 spiro atoms. The molecule has 0 saturated heterocycles. The molecule has 0 bridgehead atoms. The number of benzene rings is 1. The fourth-order valence-corrected chi connectivity index (χ4v) is 4.47. The lowest BCUT2D eigenvalue weighted by molar-refractivity contribution is 0.0790. The zero-order valence-corrected chi connectivity index (χ0v) is 13.6. The zero-order valence-electron chi connectivity index (χ0n) is 12.8. The molecular weight excluding hydrogens is 278 g/mol. The lowest BCUT2D eigenvalue weighted by Crippen LogP contribution is -2.39. The molecule has 1 atom stereocenters. The summed E-state index contributed by atoms with van der Waals surface area (Å²) in [6.45, 7) is 3.48. The molecule has 1 aromatic carbocycles. The van der Waals surface area contributed by atoms with E-state index in [9.17, 15) is 5.11 Å². The minimum Gasteiger partial charge on any atom is -0.396 e. The van der Waals surface area contributed by atoms with Crippen molar-refractivity contribution in [3.63, 3.8) is 0 Å². The van der Waals surface area contributed by atoms with Crippen LogP contribution in [0.2, 0.25) is 0 Å². The molecule has 2 N–H and O–H groups in total. The van der Waals surface area contributed by atoms with Gasteiger partial charge in [-0.15, -0.1) is 11.3 Å². The molecule has 21 heavy (non-hydrogen) atoms. The fourth-order valence-electron chi connectivity index (χ4n) is 3.38. The van der Waals surface area contributed by atoms with Gasteiger partial charge in [-0.05, 0) is 37.3 Å². The number of aliphatic hydroxyl groups excluding tert-OH is 1. The highest BCUT2D eigenvalue weighted by Crippen LogP contribution is 2.36. The SMILES string of the molecule is CC(NCC1(CO)CCCCC1)c1cc2ccccc2s1. The van der Waals surface area contributed by atoms with Crippen LogP contribution in [0.5, 0.6) is 0 Å². The van der Waals surface area contributed by atoms with E-state index in [2.05, 4.69) is 42.6 Å². The summed E-state index contributed by atoms with van der Waals surface area (Å²) < 4.78 is 1.36. The molecule has 1 saturated carbocycles. The van der Waals surface area contributed by atoms with Crippen LogP contribution in [0.1, 0.15) is 49.9 Å². The molecule has 114 valence electrons. The van der Waals surface area contributed by atoms with E-state index in [1.54, 1.807) is 0 Å². The summed E-state index contributed by atoms with van der Waals surface area (Å²) in [7, 11) is 0. The molecule has 0 aliphatic heterocycles. The second-order valence-electron chi connectivity index (χ2n) is 6.51. The lowest BCUT2D eigenvalue weighted by Gasteiger charge is -2.36. The van der Waals surface area contributed by atoms with Crippen LogP contribution in [-0.2, 0) is 0 Å². The Balaban J connectivity index is 1.66. The summed E-state index contributed by atoms with van der Waals surface area (Å²) in [5, 5.41) is 14.8. The number of nitrogens with one attached hydrogen (secondary N) is 1. The van der Waals surface area contributed by atoms with Crippen LogP contribution in [0.3, 0.4) is 0 Å². The molecule has 1 fully saturated rings. The van der Waals surface area contributed by atoms with Gasteiger partial charge in [-0.1, -0.05) is 37.5 Å². The van der Waals surface area contributed by atoms with Crippen molar-refractivity contribution in [1.82, 2.24) is 5.32 Å². The standard InChI is InChI=1S/C18H25NOS/c1-14(17-11-15-7-3-4-8-16(15)21-17)19-12-18(13-20)9-5-2-6-10-18/h3-4,7-8,11,14,19-20H,2,5-6,9-10,12-13H2,1H3. The van der Waals surface area contributed by atoms with E-state index in [4.69, 9.17) is 0 Å². The van der Waals surface area contributed by atoms with Crippen LogP contribution in [0, 0.1) is 5.41 Å². The zero-order chi connectivity index (χ0) is 14.7. The van der Waals surface area contributed by atoms with Crippen molar-refractivity contribution in [1.29, 1.82) is 0 Å². The van der Waals surface area contributed by atoms with Gasteiger partial charge in [0.2, 0.25) is 0 Å². The van der Waals surface area contributed by atoms with Crippen LogP contribution in [0.4, 0.5) is 0 Å². The second kappa shape index (κ2) is 6.47. The van der Waals surface area contributed by atoms with Gasteiger partial charge in [0.15, 0.2) is 0 Å². The molecule has 2 nitrogen and oxygen atoms in total. The summed E-state index contributed by atoms with van der Waals surface area (Å²) in [4.78, 5) is 1.39. The Morgan fingerprint density at radius 2 is 2.00 bits per heavy atom. The molecule has 3 heteroatoms. The third-order valence-electron chi connectivity index (χ3n) is 4.90. The van der Waals surface area contributed by atoms with E-state index in [-0.39, 0.29) is 5.41 Å².